The van der Waals surface area contributed by atoms with E-state index in [2.05, 4.69) is 13.8 Å². The summed E-state index contributed by atoms with van der Waals surface area (Å²) in [5, 5.41) is 0. The van der Waals surface area contributed by atoms with Gasteiger partial charge in [0, 0.05) is 6.61 Å². The topological polar surface area (TPSA) is 35.2 Å². The van der Waals surface area contributed by atoms with Gasteiger partial charge in [0.2, 0.25) is 0 Å². The van der Waals surface area contributed by atoms with Crippen molar-refractivity contribution >= 4 is 0 Å². The van der Waals surface area contributed by atoms with Crippen LogP contribution in [0.15, 0.2) is 0 Å². The van der Waals surface area contributed by atoms with E-state index in [1.54, 1.807) is 0 Å². The van der Waals surface area contributed by atoms with Gasteiger partial charge in [-0.1, -0.05) is 13.8 Å². The average Bonchev–Trinajstić information content (AvgIpc) is 2.90. The minimum atomic E-state index is 0.442. The molecule has 2 nitrogen and oxygen atoms in total. The van der Waals surface area contributed by atoms with Gasteiger partial charge in [0.1, 0.15) is 0 Å². The fraction of sp³-hybridized carbons (Fsp3) is 1.00. The Morgan fingerprint density at radius 1 is 1.22 bits per heavy atom. The molecule has 0 spiro atoms. The molecule has 1 aliphatic carbocycles. The van der Waals surface area contributed by atoms with Crippen LogP contribution in [0.3, 0.4) is 0 Å². The summed E-state index contributed by atoms with van der Waals surface area (Å²) in [5.74, 6) is 1.78. The Kier molecular flexibility index (Phi) is 5.08. The zero-order chi connectivity index (χ0) is 13.0. The molecule has 0 amide bonds. The second-order valence-electron chi connectivity index (χ2n) is 6.96. The van der Waals surface area contributed by atoms with Gasteiger partial charge in [0.15, 0.2) is 0 Å². The summed E-state index contributed by atoms with van der Waals surface area (Å²) in [4.78, 5) is 0. The van der Waals surface area contributed by atoms with Crippen molar-refractivity contribution in [2.75, 3.05) is 13.2 Å². The maximum atomic E-state index is 6.10. The first-order chi connectivity index (χ1) is 8.65. The van der Waals surface area contributed by atoms with Crippen LogP contribution in [0.1, 0.15) is 65.2 Å². The lowest BCUT2D eigenvalue weighted by atomic mass is 9.66. The van der Waals surface area contributed by atoms with Gasteiger partial charge in [0.05, 0.1) is 6.10 Å². The quantitative estimate of drug-likeness (QED) is 0.810. The lowest BCUT2D eigenvalue weighted by Crippen LogP contribution is -2.36. The molecule has 2 fully saturated rings. The molecule has 2 heteroatoms. The van der Waals surface area contributed by atoms with Crippen molar-refractivity contribution in [3.05, 3.63) is 0 Å². The summed E-state index contributed by atoms with van der Waals surface area (Å²) >= 11 is 0. The SMILES string of the molecule is CC(C)C1CCC(CN)(CCC2CCCO2)CC1. The Morgan fingerprint density at radius 3 is 2.44 bits per heavy atom. The van der Waals surface area contributed by atoms with Gasteiger partial charge < -0.3 is 10.5 Å². The van der Waals surface area contributed by atoms with Crippen molar-refractivity contribution in [2.24, 2.45) is 23.0 Å². The lowest BCUT2D eigenvalue weighted by Gasteiger charge is -2.41. The summed E-state index contributed by atoms with van der Waals surface area (Å²) in [7, 11) is 0. The van der Waals surface area contributed by atoms with Crippen LogP contribution in [0.25, 0.3) is 0 Å². The summed E-state index contributed by atoms with van der Waals surface area (Å²) in [6.07, 6.45) is 11.1. The molecule has 2 rings (SSSR count). The van der Waals surface area contributed by atoms with Crippen LogP contribution in [0, 0.1) is 17.3 Å². The highest BCUT2D eigenvalue weighted by atomic mass is 16.5. The normalized spacial score (nSPS) is 37.3. The summed E-state index contributed by atoms with van der Waals surface area (Å²) in [6.45, 7) is 6.60. The van der Waals surface area contributed by atoms with E-state index in [9.17, 15) is 0 Å². The summed E-state index contributed by atoms with van der Waals surface area (Å²) in [5.41, 5.74) is 6.55. The van der Waals surface area contributed by atoms with Crippen LogP contribution in [-0.2, 0) is 4.74 Å². The fourth-order valence-corrected chi connectivity index (χ4v) is 3.81. The first-order valence-corrected chi connectivity index (χ1v) is 7.97. The molecule has 1 aliphatic heterocycles. The Bertz CT molecular complexity index is 237. The molecular weight excluding hydrogens is 222 g/mol. The fourth-order valence-electron chi connectivity index (χ4n) is 3.81. The van der Waals surface area contributed by atoms with Crippen LogP contribution in [0.4, 0.5) is 0 Å². The van der Waals surface area contributed by atoms with Gasteiger partial charge in [-0.3, -0.25) is 0 Å². The number of ether oxygens (including phenoxy) is 1. The third kappa shape index (κ3) is 3.48. The third-order valence-corrected chi connectivity index (χ3v) is 5.49. The maximum Gasteiger partial charge on any atom is 0.0576 e. The van der Waals surface area contributed by atoms with Gasteiger partial charge in [-0.2, -0.15) is 0 Å². The first-order valence-electron chi connectivity index (χ1n) is 7.97. The zero-order valence-corrected chi connectivity index (χ0v) is 12.3. The molecule has 1 heterocycles. The molecule has 0 bridgehead atoms. The molecule has 1 unspecified atom stereocenters. The van der Waals surface area contributed by atoms with E-state index in [-0.39, 0.29) is 0 Å². The number of nitrogens with two attached hydrogens (primary N) is 1. The Morgan fingerprint density at radius 2 is 1.94 bits per heavy atom. The lowest BCUT2D eigenvalue weighted by molar-refractivity contribution is 0.0678. The van der Waals surface area contributed by atoms with Gasteiger partial charge in [-0.05, 0) is 75.2 Å². The monoisotopic (exact) mass is 253 g/mol. The van der Waals surface area contributed by atoms with Gasteiger partial charge in [-0.15, -0.1) is 0 Å². The van der Waals surface area contributed by atoms with Crippen LogP contribution >= 0.6 is 0 Å². The Hall–Kier alpha value is -0.0800. The maximum absolute atomic E-state index is 6.10. The van der Waals surface area contributed by atoms with E-state index in [1.807, 2.05) is 0 Å². The standard InChI is InChI=1S/C16H31NO/c1-13(2)14-5-8-16(12-17,9-6-14)10-7-15-4-3-11-18-15/h13-15H,3-12,17H2,1-2H3. The molecule has 0 aromatic heterocycles. The van der Waals surface area contributed by atoms with Gasteiger partial charge in [0.25, 0.3) is 0 Å². The van der Waals surface area contributed by atoms with Crippen molar-refractivity contribution in [3.63, 3.8) is 0 Å². The highest BCUT2D eigenvalue weighted by Crippen LogP contribution is 2.44. The third-order valence-electron chi connectivity index (χ3n) is 5.49. The number of rotatable bonds is 5. The second-order valence-corrected chi connectivity index (χ2v) is 6.96. The van der Waals surface area contributed by atoms with Crippen LogP contribution in [0.2, 0.25) is 0 Å². The van der Waals surface area contributed by atoms with E-state index in [0.717, 1.165) is 25.0 Å². The molecule has 2 N–H and O–H groups in total. The minimum absolute atomic E-state index is 0.442. The van der Waals surface area contributed by atoms with Gasteiger partial charge >= 0.3 is 0 Å². The van der Waals surface area contributed by atoms with E-state index in [0.29, 0.717) is 11.5 Å². The predicted molar refractivity (Wildman–Crippen MR) is 76.5 cm³/mol. The Labute approximate surface area is 113 Å². The second kappa shape index (κ2) is 6.38. The van der Waals surface area contributed by atoms with E-state index >= 15 is 0 Å². The summed E-state index contributed by atoms with van der Waals surface area (Å²) in [6, 6.07) is 0. The summed E-state index contributed by atoms with van der Waals surface area (Å²) < 4.78 is 5.75. The molecule has 0 aromatic rings. The molecule has 1 saturated heterocycles. The van der Waals surface area contributed by atoms with Crippen molar-refractivity contribution in [2.45, 2.75) is 71.3 Å². The molecule has 106 valence electrons. The Balaban J connectivity index is 1.80. The van der Waals surface area contributed by atoms with Crippen molar-refractivity contribution in [1.82, 2.24) is 0 Å². The molecule has 0 aromatic carbocycles. The first kappa shape index (κ1) is 14.3. The van der Waals surface area contributed by atoms with Crippen LogP contribution < -0.4 is 5.73 Å². The molecule has 18 heavy (non-hydrogen) atoms. The van der Waals surface area contributed by atoms with E-state index in [1.165, 1.54) is 51.4 Å². The average molecular weight is 253 g/mol. The highest BCUT2D eigenvalue weighted by Gasteiger charge is 2.35. The van der Waals surface area contributed by atoms with Crippen LogP contribution in [0.5, 0.6) is 0 Å². The minimum Gasteiger partial charge on any atom is -0.378 e. The van der Waals surface area contributed by atoms with Crippen molar-refractivity contribution in [1.29, 1.82) is 0 Å². The van der Waals surface area contributed by atoms with Crippen LogP contribution in [-0.4, -0.2) is 19.3 Å². The van der Waals surface area contributed by atoms with E-state index < -0.39 is 0 Å². The molecule has 2 aliphatic rings. The predicted octanol–water partition coefficient (Wildman–Crippen LogP) is 3.74. The highest BCUT2D eigenvalue weighted by molar-refractivity contribution is 4.88. The number of hydrogen-bond acceptors (Lipinski definition) is 2. The molecule has 1 atom stereocenters. The smallest absolute Gasteiger partial charge is 0.0576 e. The zero-order valence-electron chi connectivity index (χ0n) is 12.3. The van der Waals surface area contributed by atoms with Crippen molar-refractivity contribution in [3.8, 4) is 0 Å². The molecule has 1 saturated carbocycles. The van der Waals surface area contributed by atoms with Gasteiger partial charge in [-0.25, -0.2) is 0 Å². The van der Waals surface area contributed by atoms with E-state index in [4.69, 9.17) is 10.5 Å². The largest absolute Gasteiger partial charge is 0.378 e. The molecular formula is C16H31NO. The number of hydrogen-bond donors (Lipinski definition) is 1. The molecule has 0 radical (unpaired) electrons. The van der Waals surface area contributed by atoms with Crippen molar-refractivity contribution < 1.29 is 4.74 Å².